The SMILES string of the molecule is COc1ccc(NC(=O)c2ccc(-n3cnnn3)cc2)cc1Cc1ccccc1. The lowest BCUT2D eigenvalue weighted by Crippen LogP contribution is -2.12. The normalized spacial score (nSPS) is 10.5. The topological polar surface area (TPSA) is 81.9 Å². The number of nitrogens with zero attached hydrogens (tertiary/aromatic N) is 4. The summed E-state index contributed by atoms with van der Waals surface area (Å²) in [5.74, 6) is 0.599. The van der Waals surface area contributed by atoms with Crippen LogP contribution in [0.4, 0.5) is 5.69 Å². The fraction of sp³-hybridized carbons (Fsp3) is 0.0909. The third-order valence-corrected chi connectivity index (χ3v) is 4.52. The van der Waals surface area contributed by atoms with E-state index in [1.54, 1.807) is 31.4 Å². The lowest BCUT2D eigenvalue weighted by atomic mass is 10.0. The summed E-state index contributed by atoms with van der Waals surface area (Å²) in [6, 6.07) is 22.8. The molecule has 7 heteroatoms. The van der Waals surface area contributed by atoms with Gasteiger partial charge in [-0.1, -0.05) is 30.3 Å². The van der Waals surface area contributed by atoms with Crippen LogP contribution in [0.5, 0.6) is 5.75 Å². The van der Waals surface area contributed by atoms with Gasteiger partial charge >= 0.3 is 0 Å². The van der Waals surface area contributed by atoms with Crippen molar-refractivity contribution >= 4 is 11.6 Å². The number of carbonyl (C=O) groups is 1. The number of nitrogens with one attached hydrogen (secondary N) is 1. The van der Waals surface area contributed by atoms with Gasteiger partial charge < -0.3 is 10.1 Å². The van der Waals surface area contributed by atoms with Gasteiger partial charge in [0.2, 0.25) is 0 Å². The van der Waals surface area contributed by atoms with E-state index in [9.17, 15) is 4.79 Å². The van der Waals surface area contributed by atoms with Gasteiger partial charge in [-0.2, -0.15) is 0 Å². The standard InChI is InChI=1S/C22H19N5O2/c1-29-21-12-9-19(14-18(21)13-16-5-3-2-4-6-16)24-22(28)17-7-10-20(11-8-17)27-15-23-25-26-27/h2-12,14-15H,13H2,1H3,(H,24,28). The minimum atomic E-state index is -0.191. The van der Waals surface area contributed by atoms with E-state index >= 15 is 0 Å². The van der Waals surface area contributed by atoms with Crippen molar-refractivity contribution < 1.29 is 9.53 Å². The fourth-order valence-corrected chi connectivity index (χ4v) is 3.06. The van der Waals surface area contributed by atoms with Crippen molar-refractivity contribution in [3.8, 4) is 11.4 Å². The van der Waals surface area contributed by atoms with Crippen molar-refractivity contribution in [2.45, 2.75) is 6.42 Å². The van der Waals surface area contributed by atoms with Gasteiger partial charge in [-0.3, -0.25) is 4.79 Å². The minimum absolute atomic E-state index is 0.191. The maximum Gasteiger partial charge on any atom is 0.255 e. The number of rotatable bonds is 6. The van der Waals surface area contributed by atoms with Gasteiger partial charge in [0, 0.05) is 23.2 Å². The first kappa shape index (κ1) is 18.4. The maximum atomic E-state index is 12.6. The highest BCUT2D eigenvalue weighted by molar-refractivity contribution is 6.04. The summed E-state index contributed by atoms with van der Waals surface area (Å²) >= 11 is 0. The smallest absolute Gasteiger partial charge is 0.255 e. The Morgan fingerprint density at radius 3 is 2.52 bits per heavy atom. The van der Waals surface area contributed by atoms with Gasteiger partial charge in [0.1, 0.15) is 12.1 Å². The highest BCUT2D eigenvalue weighted by Crippen LogP contribution is 2.25. The zero-order valence-corrected chi connectivity index (χ0v) is 15.8. The van der Waals surface area contributed by atoms with E-state index in [2.05, 4.69) is 33.0 Å². The van der Waals surface area contributed by atoms with Crippen LogP contribution in [-0.4, -0.2) is 33.2 Å². The molecule has 0 aliphatic carbocycles. The number of methoxy groups -OCH3 is 1. The number of tetrazole rings is 1. The molecule has 4 aromatic rings. The molecule has 4 rings (SSSR count). The second kappa shape index (κ2) is 8.35. The molecule has 1 aromatic heterocycles. The number of ether oxygens (including phenoxy) is 1. The Hall–Kier alpha value is -4.00. The molecule has 29 heavy (non-hydrogen) atoms. The van der Waals surface area contributed by atoms with Crippen LogP contribution >= 0.6 is 0 Å². The minimum Gasteiger partial charge on any atom is -0.496 e. The van der Waals surface area contributed by atoms with Crippen molar-refractivity contribution in [2.24, 2.45) is 0 Å². The molecule has 0 aliphatic heterocycles. The molecule has 0 fully saturated rings. The molecule has 3 aromatic carbocycles. The van der Waals surface area contributed by atoms with E-state index in [4.69, 9.17) is 4.74 Å². The molecule has 0 saturated heterocycles. The van der Waals surface area contributed by atoms with E-state index in [0.717, 1.165) is 17.0 Å². The number of aromatic nitrogens is 4. The molecular weight excluding hydrogens is 366 g/mol. The molecule has 0 saturated carbocycles. The Kier molecular flexibility index (Phi) is 5.29. The van der Waals surface area contributed by atoms with E-state index in [0.29, 0.717) is 17.7 Å². The number of hydrogen-bond acceptors (Lipinski definition) is 5. The number of amides is 1. The summed E-state index contributed by atoms with van der Waals surface area (Å²) in [5.41, 5.74) is 4.22. The zero-order valence-electron chi connectivity index (χ0n) is 15.8. The number of benzene rings is 3. The summed E-state index contributed by atoms with van der Waals surface area (Å²) in [6.07, 6.45) is 2.22. The predicted octanol–water partition coefficient (Wildman–Crippen LogP) is 3.51. The second-order valence-electron chi connectivity index (χ2n) is 6.44. The lowest BCUT2D eigenvalue weighted by molar-refractivity contribution is 0.102. The molecule has 0 radical (unpaired) electrons. The lowest BCUT2D eigenvalue weighted by Gasteiger charge is -2.12. The van der Waals surface area contributed by atoms with Crippen molar-refractivity contribution in [3.63, 3.8) is 0 Å². The molecule has 0 unspecified atom stereocenters. The first-order chi connectivity index (χ1) is 14.2. The number of anilines is 1. The van der Waals surface area contributed by atoms with Crippen LogP contribution < -0.4 is 10.1 Å². The van der Waals surface area contributed by atoms with Crippen LogP contribution in [0.2, 0.25) is 0 Å². The number of hydrogen-bond donors (Lipinski definition) is 1. The van der Waals surface area contributed by atoms with Crippen molar-refractivity contribution in [3.05, 3.63) is 95.8 Å². The van der Waals surface area contributed by atoms with E-state index < -0.39 is 0 Å². The van der Waals surface area contributed by atoms with Gasteiger partial charge in [0.25, 0.3) is 5.91 Å². The molecule has 1 N–H and O–H groups in total. The van der Waals surface area contributed by atoms with Gasteiger partial charge in [-0.05, 0) is 58.5 Å². The van der Waals surface area contributed by atoms with Crippen molar-refractivity contribution in [1.82, 2.24) is 20.2 Å². The summed E-state index contributed by atoms with van der Waals surface area (Å²) in [7, 11) is 1.65. The molecule has 144 valence electrons. The van der Waals surface area contributed by atoms with E-state index in [1.807, 2.05) is 36.4 Å². The van der Waals surface area contributed by atoms with E-state index in [-0.39, 0.29) is 5.91 Å². The quantitative estimate of drug-likeness (QED) is 0.549. The molecule has 1 heterocycles. The van der Waals surface area contributed by atoms with Gasteiger partial charge in [-0.15, -0.1) is 5.10 Å². The summed E-state index contributed by atoms with van der Waals surface area (Å²) in [4.78, 5) is 12.6. The summed E-state index contributed by atoms with van der Waals surface area (Å²) < 4.78 is 7.01. The van der Waals surface area contributed by atoms with Crippen LogP contribution in [0.25, 0.3) is 5.69 Å². The third kappa shape index (κ3) is 4.30. The Bertz CT molecular complexity index is 1090. The Labute approximate surface area is 168 Å². The molecular formula is C22H19N5O2. The first-order valence-electron chi connectivity index (χ1n) is 9.08. The van der Waals surface area contributed by atoms with Crippen molar-refractivity contribution in [2.75, 3.05) is 12.4 Å². The average Bonchev–Trinajstić information content (AvgIpc) is 3.30. The van der Waals surface area contributed by atoms with Crippen LogP contribution in [0, 0.1) is 0 Å². The Balaban J connectivity index is 1.51. The van der Waals surface area contributed by atoms with Crippen LogP contribution in [0.3, 0.4) is 0 Å². The van der Waals surface area contributed by atoms with Crippen LogP contribution in [0.15, 0.2) is 79.1 Å². The molecule has 1 amide bonds. The van der Waals surface area contributed by atoms with Gasteiger partial charge in [-0.25, -0.2) is 4.68 Å². The number of carbonyl (C=O) groups excluding carboxylic acids is 1. The predicted molar refractivity (Wildman–Crippen MR) is 109 cm³/mol. The Morgan fingerprint density at radius 1 is 1.03 bits per heavy atom. The largest absolute Gasteiger partial charge is 0.496 e. The monoisotopic (exact) mass is 385 g/mol. The molecule has 0 aliphatic rings. The average molecular weight is 385 g/mol. The van der Waals surface area contributed by atoms with Crippen molar-refractivity contribution in [1.29, 1.82) is 0 Å². The first-order valence-corrected chi connectivity index (χ1v) is 9.08. The Morgan fingerprint density at radius 2 is 1.83 bits per heavy atom. The van der Waals surface area contributed by atoms with Crippen LogP contribution in [0.1, 0.15) is 21.5 Å². The zero-order chi connectivity index (χ0) is 20.1. The summed E-state index contributed by atoms with van der Waals surface area (Å²) in [6.45, 7) is 0. The summed E-state index contributed by atoms with van der Waals surface area (Å²) in [5, 5.41) is 14.0. The third-order valence-electron chi connectivity index (χ3n) is 4.52. The highest BCUT2D eigenvalue weighted by atomic mass is 16.5. The molecule has 0 bridgehead atoms. The molecule has 0 atom stereocenters. The van der Waals surface area contributed by atoms with Crippen LogP contribution in [-0.2, 0) is 6.42 Å². The molecule has 0 spiro atoms. The highest BCUT2D eigenvalue weighted by Gasteiger charge is 2.10. The molecule has 7 nitrogen and oxygen atoms in total. The second-order valence-corrected chi connectivity index (χ2v) is 6.44. The fourth-order valence-electron chi connectivity index (χ4n) is 3.06. The van der Waals surface area contributed by atoms with E-state index in [1.165, 1.54) is 16.6 Å². The van der Waals surface area contributed by atoms with Gasteiger partial charge in [0.05, 0.1) is 12.8 Å². The van der Waals surface area contributed by atoms with Gasteiger partial charge in [0.15, 0.2) is 0 Å². The maximum absolute atomic E-state index is 12.6.